The number of allylic oxidation sites excluding steroid dienone is 4. The Balaban J connectivity index is 1.05. The zero-order chi connectivity index (χ0) is 44.6. The van der Waals surface area contributed by atoms with Crippen LogP contribution in [0.4, 0.5) is 17.3 Å². The van der Waals surface area contributed by atoms with Crippen molar-refractivity contribution in [3.63, 3.8) is 0 Å². The van der Waals surface area contributed by atoms with Gasteiger partial charge >= 0.3 is 12.0 Å². The number of aromatic nitrogens is 4. The lowest BCUT2D eigenvalue weighted by molar-refractivity contribution is 0.411. The van der Waals surface area contributed by atoms with E-state index in [0.29, 0.717) is 40.1 Å². The molecule has 0 bridgehead atoms. The lowest BCUT2D eigenvalue weighted by Crippen LogP contribution is -2.49. The van der Waals surface area contributed by atoms with Gasteiger partial charge in [-0.15, -0.1) is 0 Å². The smallest absolute Gasteiger partial charge is 0.327 e. The van der Waals surface area contributed by atoms with Crippen LogP contribution in [0.1, 0.15) is 12.0 Å². The van der Waals surface area contributed by atoms with Crippen molar-refractivity contribution in [2.45, 2.75) is 10.5 Å². The van der Waals surface area contributed by atoms with Gasteiger partial charge in [0.05, 0.1) is 0 Å². The van der Waals surface area contributed by atoms with Crippen LogP contribution in [0.2, 0.25) is 0 Å². The van der Waals surface area contributed by atoms with Crippen LogP contribution in [0.15, 0.2) is 187 Å². The standard InChI is InChI=1S/C46H36N6O10S2/c53-63(54,55)46(64(56,57)58)31-35(48-41-30-43(60-37-15-7-2-8-16-37)52-45(50-41)62-39-19-11-4-12-20-39)28-25-33(46)24-21-32-22-26-34(27-23-32)47-40-29-42(59-36-13-5-1-6-14-36)51-44(49-40)61-38-17-9-3-10-18-38/h1-30H,31H2,(H,47,49,51)(H,48,50,52)(H,53,54,55)(H,56,57,58). The van der Waals surface area contributed by atoms with Gasteiger partial charge in [-0.05, 0) is 77.9 Å². The van der Waals surface area contributed by atoms with Crippen molar-refractivity contribution in [3.05, 3.63) is 193 Å². The van der Waals surface area contributed by atoms with Crippen LogP contribution >= 0.6 is 0 Å². The van der Waals surface area contributed by atoms with E-state index in [1.54, 1.807) is 115 Å². The molecule has 1 aliphatic carbocycles. The number of nitrogens with zero attached hydrogens (tertiary/aromatic N) is 4. The quantitative estimate of drug-likeness (QED) is 0.0663. The lowest BCUT2D eigenvalue weighted by Gasteiger charge is -2.32. The molecule has 0 atom stereocenters. The maximum absolute atomic E-state index is 13.1. The summed E-state index contributed by atoms with van der Waals surface area (Å²) in [6, 6.07) is 45.0. The largest absolute Gasteiger partial charge is 0.439 e. The highest BCUT2D eigenvalue weighted by Gasteiger charge is 2.58. The minimum atomic E-state index is -5.57. The monoisotopic (exact) mass is 896 g/mol. The van der Waals surface area contributed by atoms with E-state index in [1.807, 2.05) is 36.4 Å². The Bertz CT molecular complexity index is 2920. The van der Waals surface area contributed by atoms with Crippen molar-refractivity contribution in [2.75, 3.05) is 10.6 Å². The molecule has 0 spiro atoms. The average Bonchev–Trinajstić information content (AvgIpc) is 3.27. The zero-order valence-electron chi connectivity index (χ0n) is 33.3. The van der Waals surface area contributed by atoms with Crippen LogP contribution in [0.3, 0.4) is 0 Å². The predicted octanol–water partition coefficient (Wildman–Crippen LogP) is 9.99. The first-order chi connectivity index (χ1) is 30.9. The van der Waals surface area contributed by atoms with Crippen molar-refractivity contribution in [3.8, 4) is 46.8 Å². The van der Waals surface area contributed by atoms with Gasteiger partial charge in [0.2, 0.25) is 11.8 Å². The van der Waals surface area contributed by atoms with E-state index >= 15 is 0 Å². The molecular formula is C46H36N6O10S2. The summed E-state index contributed by atoms with van der Waals surface area (Å²) in [5.74, 6) is 2.51. The molecule has 2 heterocycles. The molecule has 8 rings (SSSR count). The van der Waals surface area contributed by atoms with E-state index in [0.717, 1.165) is 6.08 Å². The van der Waals surface area contributed by atoms with E-state index in [1.165, 1.54) is 24.3 Å². The summed E-state index contributed by atoms with van der Waals surface area (Å²) in [7, 11) is -11.1. The molecule has 4 N–H and O–H groups in total. The van der Waals surface area contributed by atoms with Crippen molar-refractivity contribution in [2.24, 2.45) is 0 Å². The van der Waals surface area contributed by atoms with Crippen molar-refractivity contribution in [1.82, 2.24) is 19.9 Å². The maximum atomic E-state index is 13.1. The molecule has 0 fully saturated rings. The van der Waals surface area contributed by atoms with Gasteiger partial charge in [0.15, 0.2) is 0 Å². The molecule has 0 saturated carbocycles. The molecular weight excluding hydrogens is 861 g/mol. The second kappa shape index (κ2) is 18.6. The summed E-state index contributed by atoms with van der Waals surface area (Å²) in [6.45, 7) is 0. The zero-order valence-corrected chi connectivity index (χ0v) is 34.9. The van der Waals surface area contributed by atoms with Crippen molar-refractivity contribution in [1.29, 1.82) is 0 Å². The third kappa shape index (κ3) is 10.4. The molecule has 0 saturated heterocycles. The second-order valence-electron chi connectivity index (χ2n) is 13.8. The van der Waals surface area contributed by atoms with Gasteiger partial charge in [-0.3, -0.25) is 9.11 Å². The van der Waals surface area contributed by atoms with E-state index in [9.17, 15) is 25.9 Å². The first-order valence-corrected chi connectivity index (χ1v) is 22.1. The van der Waals surface area contributed by atoms with E-state index in [-0.39, 0.29) is 35.3 Å². The fourth-order valence-corrected chi connectivity index (χ4v) is 8.93. The first-order valence-electron chi connectivity index (χ1n) is 19.3. The Morgan fingerprint density at radius 1 is 0.500 bits per heavy atom. The Hall–Kier alpha value is -7.90. The van der Waals surface area contributed by atoms with Gasteiger partial charge in [0, 0.05) is 29.9 Å². The normalized spacial score (nSPS) is 13.6. The number of hydrogen-bond donors (Lipinski definition) is 4. The van der Waals surface area contributed by atoms with Crippen molar-refractivity contribution < 1.29 is 44.9 Å². The van der Waals surface area contributed by atoms with Crippen LogP contribution < -0.4 is 29.6 Å². The Labute approximate surface area is 367 Å². The van der Waals surface area contributed by atoms with E-state index in [4.69, 9.17) is 18.9 Å². The third-order valence-electron chi connectivity index (χ3n) is 9.29. The van der Waals surface area contributed by atoms with Crippen LogP contribution in [0.25, 0.3) is 6.08 Å². The van der Waals surface area contributed by atoms with E-state index < -0.39 is 36.3 Å². The van der Waals surface area contributed by atoms with Crippen LogP contribution in [0, 0.1) is 0 Å². The molecule has 0 amide bonds. The first kappa shape index (κ1) is 42.8. The number of benzene rings is 5. The highest BCUT2D eigenvalue weighted by molar-refractivity contribution is 8.05. The molecule has 322 valence electrons. The topological polar surface area (TPSA) is 221 Å². The van der Waals surface area contributed by atoms with Gasteiger partial charge in [0.25, 0.3) is 24.3 Å². The summed E-state index contributed by atoms with van der Waals surface area (Å²) >= 11 is 0. The molecule has 1 aliphatic rings. The average molecular weight is 897 g/mol. The number of anilines is 3. The van der Waals surface area contributed by atoms with Crippen LogP contribution in [-0.2, 0) is 20.2 Å². The number of nitrogens with one attached hydrogen (secondary N) is 2. The second-order valence-corrected chi connectivity index (χ2v) is 17.4. The fourth-order valence-electron chi connectivity index (χ4n) is 6.32. The molecule has 2 aromatic heterocycles. The van der Waals surface area contributed by atoms with Gasteiger partial charge < -0.3 is 29.6 Å². The number of para-hydroxylation sites is 4. The minimum Gasteiger partial charge on any atom is -0.439 e. The summed E-state index contributed by atoms with van der Waals surface area (Å²) < 4.78 is 94.1. The van der Waals surface area contributed by atoms with Crippen LogP contribution in [0.5, 0.6) is 46.8 Å². The molecule has 16 nitrogen and oxygen atoms in total. The van der Waals surface area contributed by atoms with Gasteiger partial charge in [0.1, 0.15) is 34.6 Å². The molecule has 0 radical (unpaired) electrons. The summed E-state index contributed by atoms with van der Waals surface area (Å²) in [6.07, 6.45) is 4.22. The van der Waals surface area contributed by atoms with Crippen molar-refractivity contribution >= 4 is 43.6 Å². The third-order valence-corrected chi connectivity index (χ3v) is 13.0. The van der Waals surface area contributed by atoms with Gasteiger partial charge in [-0.1, -0.05) is 103 Å². The maximum Gasteiger partial charge on any atom is 0.327 e. The summed E-state index contributed by atoms with van der Waals surface area (Å²) in [5, 5.41) is 6.07. The van der Waals surface area contributed by atoms with Gasteiger partial charge in [-0.25, -0.2) is 0 Å². The molecule has 0 aliphatic heterocycles. The molecule has 18 heteroatoms. The fraction of sp³-hybridized carbons (Fsp3) is 0.0435. The minimum absolute atomic E-state index is 0.0145. The number of rotatable bonds is 16. The number of hydrogen-bond acceptors (Lipinski definition) is 14. The Kier molecular flexibility index (Phi) is 12.4. The highest BCUT2D eigenvalue weighted by Crippen LogP contribution is 2.42. The summed E-state index contributed by atoms with van der Waals surface area (Å²) in [5.41, 5.74) is 0.581. The highest BCUT2D eigenvalue weighted by atomic mass is 32.3. The van der Waals surface area contributed by atoms with E-state index in [2.05, 4.69) is 30.6 Å². The van der Waals surface area contributed by atoms with Crippen LogP contribution in [-0.4, -0.2) is 50.0 Å². The molecule has 0 unspecified atom stereocenters. The summed E-state index contributed by atoms with van der Waals surface area (Å²) in [4.78, 5) is 17.6. The Morgan fingerprint density at radius 3 is 1.36 bits per heavy atom. The SMILES string of the molecule is O=S(=O)(O)C1(S(=O)(=O)O)CC(Nc2cc(Oc3ccccc3)nc(Oc3ccccc3)n2)=CC=C1C=Cc1ccc(Nc2cc(Oc3ccccc3)nc(Oc3ccccc3)n2)cc1. The lowest BCUT2D eigenvalue weighted by atomic mass is 9.99. The predicted molar refractivity (Wildman–Crippen MR) is 239 cm³/mol. The number of ether oxygens (including phenoxy) is 4. The molecule has 7 aromatic rings. The Morgan fingerprint density at radius 2 is 0.922 bits per heavy atom. The van der Waals surface area contributed by atoms with Gasteiger partial charge in [-0.2, -0.15) is 36.8 Å². The molecule has 5 aromatic carbocycles. The molecule has 64 heavy (non-hydrogen) atoms.